The smallest absolute Gasteiger partial charge is 0.293 e. The number of nitrogens with zero attached hydrogens (tertiary/aromatic N) is 7. The molecule has 0 saturated heterocycles. The van der Waals surface area contributed by atoms with Crippen molar-refractivity contribution in [2.45, 2.75) is 19.3 Å². The molecule has 0 N–H and O–H groups in total. The average molecular weight is 421 g/mol. The predicted octanol–water partition coefficient (Wildman–Crippen LogP) is 3.53. The van der Waals surface area contributed by atoms with E-state index in [4.69, 9.17) is 0 Å². The molecule has 156 valence electrons. The quantitative estimate of drug-likeness (QED) is 0.442. The maximum atomic E-state index is 13.2. The number of benzene rings is 1. The van der Waals surface area contributed by atoms with E-state index in [0.717, 1.165) is 27.5 Å². The monoisotopic (exact) mass is 421 g/mol. The first-order valence-electron chi connectivity index (χ1n) is 10.0. The van der Waals surface area contributed by atoms with Gasteiger partial charge in [-0.05, 0) is 43.7 Å². The molecule has 0 spiro atoms. The third-order valence-corrected chi connectivity index (χ3v) is 5.70. The molecule has 0 atom stereocenters. The van der Waals surface area contributed by atoms with Gasteiger partial charge < -0.3 is 0 Å². The SMILES string of the molecule is Cn1c(=O)n(-c2ccc(C(C)(C)C#N)nc2)c2c3cc(-c4cncnc4)ccc3ncc21. The highest BCUT2D eigenvalue weighted by Crippen LogP contribution is 2.29. The number of aryl methyl sites for hydroxylation is 1. The van der Waals surface area contributed by atoms with Gasteiger partial charge in [0, 0.05) is 30.4 Å². The van der Waals surface area contributed by atoms with E-state index in [2.05, 4.69) is 26.0 Å². The number of fused-ring (bicyclic) bond motifs is 3. The lowest BCUT2D eigenvalue weighted by Gasteiger charge is -2.15. The van der Waals surface area contributed by atoms with E-state index in [0.29, 0.717) is 16.9 Å². The second kappa shape index (κ2) is 7.10. The van der Waals surface area contributed by atoms with E-state index >= 15 is 0 Å². The van der Waals surface area contributed by atoms with Crippen LogP contribution in [0.5, 0.6) is 0 Å². The second-order valence-electron chi connectivity index (χ2n) is 8.17. The van der Waals surface area contributed by atoms with Gasteiger partial charge in [-0.3, -0.25) is 19.1 Å². The number of hydrogen-bond donors (Lipinski definition) is 0. The van der Waals surface area contributed by atoms with Gasteiger partial charge in [0.15, 0.2) is 0 Å². The fourth-order valence-electron chi connectivity index (χ4n) is 3.81. The molecule has 1 aromatic carbocycles. The molecule has 8 nitrogen and oxygen atoms in total. The Bertz CT molecular complexity index is 1570. The fraction of sp³-hybridized carbons (Fsp3) is 0.167. The Labute approximate surface area is 183 Å². The minimum absolute atomic E-state index is 0.197. The zero-order valence-corrected chi connectivity index (χ0v) is 17.8. The van der Waals surface area contributed by atoms with Crippen LogP contribution in [0.4, 0.5) is 0 Å². The molecule has 0 aliphatic rings. The van der Waals surface area contributed by atoms with Gasteiger partial charge in [0.2, 0.25) is 0 Å². The van der Waals surface area contributed by atoms with Gasteiger partial charge in [-0.15, -0.1) is 0 Å². The van der Waals surface area contributed by atoms with Crippen LogP contribution in [0.25, 0.3) is 38.8 Å². The summed E-state index contributed by atoms with van der Waals surface area (Å²) in [6.07, 6.45) is 8.33. The van der Waals surface area contributed by atoms with Crippen LogP contribution >= 0.6 is 0 Å². The van der Waals surface area contributed by atoms with Crippen LogP contribution in [-0.2, 0) is 12.5 Å². The Morgan fingerprint density at radius 1 is 0.969 bits per heavy atom. The molecule has 5 rings (SSSR count). The largest absolute Gasteiger partial charge is 0.333 e. The van der Waals surface area contributed by atoms with Crippen molar-refractivity contribution in [3.05, 3.63) is 77.6 Å². The minimum atomic E-state index is -0.717. The Balaban J connectivity index is 1.79. The zero-order valence-electron chi connectivity index (χ0n) is 17.8. The van der Waals surface area contributed by atoms with Crippen LogP contribution in [0, 0.1) is 11.3 Å². The van der Waals surface area contributed by atoms with Crippen molar-refractivity contribution in [1.29, 1.82) is 5.26 Å². The van der Waals surface area contributed by atoms with E-state index in [-0.39, 0.29) is 5.69 Å². The molecular weight excluding hydrogens is 402 g/mol. The van der Waals surface area contributed by atoms with Crippen LogP contribution in [0.2, 0.25) is 0 Å². The number of imidazole rings is 1. The van der Waals surface area contributed by atoms with E-state index in [9.17, 15) is 10.1 Å². The maximum Gasteiger partial charge on any atom is 0.333 e. The summed E-state index contributed by atoms with van der Waals surface area (Å²) in [6.45, 7) is 3.63. The molecule has 4 aromatic heterocycles. The lowest BCUT2D eigenvalue weighted by Crippen LogP contribution is -2.21. The van der Waals surface area contributed by atoms with Crippen molar-refractivity contribution in [2.75, 3.05) is 0 Å². The van der Waals surface area contributed by atoms with Gasteiger partial charge in [-0.25, -0.2) is 14.8 Å². The zero-order chi connectivity index (χ0) is 22.5. The normalized spacial score (nSPS) is 11.7. The van der Waals surface area contributed by atoms with Crippen LogP contribution < -0.4 is 5.69 Å². The second-order valence-corrected chi connectivity index (χ2v) is 8.17. The number of rotatable bonds is 3. The van der Waals surface area contributed by atoms with Gasteiger partial charge in [-0.1, -0.05) is 6.07 Å². The molecule has 5 aromatic rings. The van der Waals surface area contributed by atoms with Crippen LogP contribution in [-0.4, -0.2) is 29.1 Å². The molecule has 0 saturated carbocycles. The molecule has 0 aliphatic heterocycles. The highest BCUT2D eigenvalue weighted by atomic mass is 16.1. The Hall–Kier alpha value is -4.38. The van der Waals surface area contributed by atoms with Gasteiger partial charge >= 0.3 is 5.69 Å². The maximum absolute atomic E-state index is 13.2. The van der Waals surface area contributed by atoms with Crippen LogP contribution in [0.15, 0.2) is 66.2 Å². The third-order valence-electron chi connectivity index (χ3n) is 5.70. The van der Waals surface area contributed by atoms with E-state index in [1.54, 1.807) is 47.0 Å². The Morgan fingerprint density at radius 2 is 1.75 bits per heavy atom. The van der Waals surface area contributed by atoms with Gasteiger partial charge in [0.25, 0.3) is 0 Å². The molecular formula is C24H19N7O. The van der Waals surface area contributed by atoms with Crippen LogP contribution in [0.3, 0.4) is 0 Å². The van der Waals surface area contributed by atoms with E-state index < -0.39 is 5.41 Å². The molecule has 0 unspecified atom stereocenters. The summed E-state index contributed by atoms with van der Waals surface area (Å²) in [5.74, 6) is 0. The molecule has 4 heterocycles. The van der Waals surface area contributed by atoms with Gasteiger partial charge in [-0.2, -0.15) is 5.26 Å². The van der Waals surface area contributed by atoms with Crippen molar-refractivity contribution in [3.63, 3.8) is 0 Å². The van der Waals surface area contributed by atoms with Crippen molar-refractivity contribution >= 4 is 21.9 Å². The first-order valence-corrected chi connectivity index (χ1v) is 10.0. The molecule has 0 aliphatic carbocycles. The molecule has 0 fully saturated rings. The number of pyridine rings is 2. The third kappa shape index (κ3) is 2.94. The summed E-state index contributed by atoms with van der Waals surface area (Å²) in [7, 11) is 1.73. The predicted molar refractivity (Wildman–Crippen MR) is 121 cm³/mol. The summed E-state index contributed by atoms with van der Waals surface area (Å²) in [5.41, 5.74) is 4.39. The first-order chi connectivity index (χ1) is 15.4. The molecule has 0 amide bonds. The molecule has 32 heavy (non-hydrogen) atoms. The van der Waals surface area contributed by atoms with Crippen molar-refractivity contribution < 1.29 is 0 Å². The average Bonchev–Trinajstić information content (AvgIpc) is 3.09. The first kappa shape index (κ1) is 19.6. The van der Waals surface area contributed by atoms with Crippen molar-refractivity contribution in [3.8, 4) is 22.9 Å². The Kier molecular flexibility index (Phi) is 4.34. The summed E-state index contributed by atoms with van der Waals surface area (Å²) >= 11 is 0. The lowest BCUT2D eigenvalue weighted by atomic mass is 9.91. The number of nitriles is 1. The summed E-state index contributed by atoms with van der Waals surface area (Å²) in [5, 5.41) is 10.2. The molecule has 0 radical (unpaired) electrons. The van der Waals surface area contributed by atoms with Crippen molar-refractivity contribution in [1.82, 2.24) is 29.1 Å². The number of hydrogen-bond acceptors (Lipinski definition) is 6. The topological polar surface area (TPSA) is 102 Å². The summed E-state index contributed by atoms with van der Waals surface area (Å²) in [4.78, 5) is 30.5. The minimum Gasteiger partial charge on any atom is -0.293 e. The highest BCUT2D eigenvalue weighted by Gasteiger charge is 2.22. The standard InChI is InChI=1S/C24H19N7O/c1-24(2,13-25)21-7-5-17(11-29-21)31-22-18-8-15(16-9-26-14-27-10-16)4-6-19(18)28-12-20(22)30(3)23(31)32/h4-12,14H,1-3H3. The Morgan fingerprint density at radius 3 is 2.44 bits per heavy atom. The van der Waals surface area contributed by atoms with Crippen molar-refractivity contribution in [2.24, 2.45) is 7.05 Å². The summed E-state index contributed by atoms with van der Waals surface area (Å²) < 4.78 is 3.22. The fourth-order valence-corrected chi connectivity index (χ4v) is 3.81. The molecule has 8 heteroatoms. The van der Waals surface area contributed by atoms with Gasteiger partial charge in [0.05, 0.1) is 51.8 Å². The van der Waals surface area contributed by atoms with E-state index in [1.165, 1.54) is 6.33 Å². The number of aromatic nitrogens is 6. The van der Waals surface area contributed by atoms with E-state index in [1.807, 2.05) is 38.1 Å². The van der Waals surface area contributed by atoms with Crippen LogP contribution in [0.1, 0.15) is 19.5 Å². The summed E-state index contributed by atoms with van der Waals surface area (Å²) in [6, 6.07) is 11.8. The highest BCUT2D eigenvalue weighted by molar-refractivity contribution is 6.04. The van der Waals surface area contributed by atoms with Gasteiger partial charge in [0.1, 0.15) is 6.33 Å². The molecule has 0 bridgehead atoms. The lowest BCUT2D eigenvalue weighted by molar-refractivity contribution is 0.658.